The van der Waals surface area contributed by atoms with E-state index in [4.69, 9.17) is 34.0 Å². The highest BCUT2D eigenvalue weighted by atomic mass is 32.2. The van der Waals surface area contributed by atoms with Gasteiger partial charge in [0.05, 0.1) is 26.1 Å². The Morgan fingerprint density at radius 3 is 2.18 bits per heavy atom. The summed E-state index contributed by atoms with van der Waals surface area (Å²) in [5.74, 6) is -2.06. The highest BCUT2D eigenvalue weighted by Gasteiger charge is 2.51. The predicted molar refractivity (Wildman–Crippen MR) is 232 cm³/mol. The molecule has 5 heterocycles. The van der Waals surface area contributed by atoms with Crippen LogP contribution in [-0.2, 0) is 59.7 Å². The maximum Gasteiger partial charge on any atom is 0.481 e. The summed E-state index contributed by atoms with van der Waals surface area (Å²) in [6, 6.07) is 0.687. The summed E-state index contributed by atoms with van der Waals surface area (Å²) in [7, 11) is -21.7. The van der Waals surface area contributed by atoms with Crippen molar-refractivity contribution < 1.29 is 114 Å². The first-order valence-electron chi connectivity index (χ1n) is 19.9. The zero-order chi connectivity index (χ0) is 53.0. The normalized spacial score (nSPS) is 25.1. The Morgan fingerprint density at radius 1 is 0.873 bits per heavy atom. The van der Waals surface area contributed by atoms with Crippen LogP contribution in [0.25, 0.3) is 11.2 Å². The van der Waals surface area contributed by atoms with E-state index in [0.717, 1.165) is 17.2 Å². The number of hydrogen-bond donors (Lipinski definition) is 14. The molecule has 0 saturated carbocycles. The summed E-state index contributed by atoms with van der Waals surface area (Å²) in [5.41, 5.74) is 1.16. The van der Waals surface area contributed by atoms with Gasteiger partial charge in [-0.15, -0.1) is 0 Å². The third kappa shape index (κ3) is 15.6. The van der Waals surface area contributed by atoms with E-state index in [0.29, 0.717) is 22.4 Å². The van der Waals surface area contributed by atoms with Crippen molar-refractivity contribution >= 4 is 77.0 Å². The van der Waals surface area contributed by atoms with Gasteiger partial charge in [-0.1, -0.05) is 25.6 Å². The topological polar surface area (TPSA) is 535 Å². The van der Waals surface area contributed by atoms with Crippen LogP contribution in [0.1, 0.15) is 43.2 Å². The lowest BCUT2D eigenvalue weighted by molar-refractivity contribution is -0.137. The number of phosphoric acid groups is 4. The van der Waals surface area contributed by atoms with Gasteiger partial charge in [-0.25, -0.2) is 38.0 Å². The minimum absolute atomic E-state index is 0.00851. The van der Waals surface area contributed by atoms with Crippen LogP contribution in [0, 0.1) is 5.41 Å². The van der Waals surface area contributed by atoms with Crippen molar-refractivity contribution in [2.75, 3.05) is 44.4 Å². The molecule has 2 aliphatic heterocycles. The Balaban J connectivity index is 1.05. The lowest BCUT2D eigenvalue weighted by atomic mass is 9.87. The first-order chi connectivity index (χ1) is 32.8. The van der Waals surface area contributed by atoms with Crippen LogP contribution < -0.4 is 27.6 Å². The molecule has 3 aromatic rings. The number of amides is 2. The maximum absolute atomic E-state index is 13.1. The quantitative estimate of drug-likeness (QED) is 0.0297. The number of nitrogens with zero attached hydrogens (tertiary/aromatic N) is 5. The molecule has 11 atom stereocenters. The lowest BCUT2D eigenvalue weighted by Crippen LogP contribution is -2.46. The maximum atomic E-state index is 13.1. The standard InChI is InChI=1S/C31H47N9O26P4S/c1-31(2,10-62-70(58,59)66-69(56,57)61-9-15-22(65-68(53,54)55)21(45)27(64-15)39-12-37-18-24(32)35-11-36-25(18)39)23(46)26(47)34-4-3-16(41)33-5-6-71-29(48)13-7-17(42)38-30(49)40(13)28-20(44)19(43)14(63-28)8-60-67(50,51)52/h7,11-12,14-15,19-23,27-28,43-46H,3-6,8-10H2,1-2H3,(H,33,41)(H,34,47)(H,56,57)(H,58,59)(H2,32,35,36)(H,38,42,49)(H2,50,51,52)(H2,53,54,55). The highest BCUT2D eigenvalue weighted by Crippen LogP contribution is 2.61. The Bertz CT molecular complexity index is 2750. The van der Waals surface area contributed by atoms with Crippen molar-refractivity contribution in [2.24, 2.45) is 5.41 Å². The van der Waals surface area contributed by atoms with Gasteiger partial charge in [0.2, 0.25) is 16.9 Å². The van der Waals surface area contributed by atoms with Crippen LogP contribution >= 0.6 is 43.1 Å². The lowest BCUT2D eigenvalue weighted by Gasteiger charge is -2.30. The Kier molecular flexibility index (Phi) is 19.0. The predicted octanol–water partition coefficient (Wildman–Crippen LogP) is -4.44. The number of aromatic amines is 1. The summed E-state index contributed by atoms with van der Waals surface area (Å²) in [6.45, 7) is -1.38. The monoisotopic (exact) mass is 1120 g/mol. The van der Waals surface area contributed by atoms with E-state index in [-0.39, 0.29) is 29.3 Å². The van der Waals surface area contributed by atoms with Crippen LogP contribution in [-0.4, -0.2) is 177 Å². The molecule has 35 nitrogen and oxygen atoms in total. The average Bonchev–Trinajstić information content (AvgIpc) is 3.91. The van der Waals surface area contributed by atoms with E-state index in [9.17, 15) is 82.2 Å². The third-order valence-corrected chi connectivity index (χ3v) is 14.4. The fourth-order valence-corrected chi connectivity index (χ4v) is 10.4. The van der Waals surface area contributed by atoms with Gasteiger partial charge < -0.3 is 75.6 Å². The highest BCUT2D eigenvalue weighted by molar-refractivity contribution is 8.14. The molecule has 0 aliphatic carbocycles. The van der Waals surface area contributed by atoms with Gasteiger partial charge in [-0.3, -0.25) is 51.4 Å². The zero-order valence-corrected chi connectivity index (χ0v) is 40.8. The van der Waals surface area contributed by atoms with Crippen LogP contribution in [0.5, 0.6) is 0 Å². The number of aromatic nitrogens is 6. The number of H-pyrrole nitrogens is 1. The summed E-state index contributed by atoms with van der Waals surface area (Å²) < 4.78 is 83.4. The van der Waals surface area contributed by atoms with E-state index in [1.807, 2.05) is 4.98 Å². The molecule has 71 heavy (non-hydrogen) atoms. The molecule has 2 fully saturated rings. The number of hydrogen-bond acceptors (Lipinski definition) is 25. The van der Waals surface area contributed by atoms with Gasteiger partial charge in [0, 0.05) is 36.7 Å². The third-order valence-electron chi connectivity index (χ3n) is 9.92. The fraction of sp³-hybridized carbons (Fsp3) is 0.613. The number of phosphoric ester groups is 4. The van der Waals surface area contributed by atoms with E-state index in [2.05, 4.69) is 38.9 Å². The van der Waals surface area contributed by atoms with Gasteiger partial charge in [0.25, 0.3) is 5.56 Å². The van der Waals surface area contributed by atoms with Gasteiger partial charge in [0.15, 0.2) is 23.9 Å². The summed E-state index contributed by atoms with van der Waals surface area (Å²) in [6.07, 6.45) is -14.8. The molecule has 0 radical (unpaired) electrons. The second-order valence-electron chi connectivity index (χ2n) is 15.7. The summed E-state index contributed by atoms with van der Waals surface area (Å²) in [5, 5.41) is 46.1. The molecule has 40 heteroatoms. The summed E-state index contributed by atoms with van der Waals surface area (Å²) in [4.78, 5) is 134. The van der Waals surface area contributed by atoms with Crippen LogP contribution in [0.4, 0.5) is 5.82 Å². The van der Waals surface area contributed by atoms with Gasteiger partial charge in [0.1, 0.15) is 60.3 Å². The molecule has 398 valence electrons. The molecule has 11 unspecified atom stereocenters. The molecule has 2 amide bonds. The Morgan fingerprint density at radius 2 is 1.52 bits per heavy atom. The van der Waals surface area contributed by atoms with Crippen molar-refractivity contribution in [3.63, 3.8) is 0 Å². The van der Waals surface area contributed by atoms with Crippen molar-refractivity contribution in [1.29, 1.82) is 0 Å². The van der Waals surface area contributed by atoms with Crippen LogP contribution in [0.2, 0.25) is 0 Å². The minimum atomic E-state index is -5.66. The van der Waals surface area contributed by atoms with Crippen LogP contribution in [0.3, 0.4) is 0 Å². The number of aliphatic hydroxyl groups excluding tert-OH is 4. The number of carbonyl (C=O) groups is 3. The molecular formula is C31H47N9O26P4S. The van der Waals surface area contributed by atoms with E-state index >= 15 is 0 Å². The van der Waals surface area contributed by atoms with Crippen molar-refractivity contribution in [3.8, 4) is 0 Å². The number of fused-ring (bicyclic) bond motifs is 1. The SMILES string of the molecule is CC(C)(COP(=O)(O)OP(=O)(O)OCC1OC(n2cnc3c(N)ncnc32)C(O)C1OP(=O)(O)O)C(O)C(=O)NCCC(=O)NCCSC(=O)c1cc(=O)[nH]c(=O)n1C1OC(COP(=O)(O)O)C(O)C1O. The Hall–Kier alpha value is -3.77. The molecule has 0 spiro atoms. The molecular weight excluding hydrogens is 1070 g/mol. The molecule has 0 bridgehead atoms. The molecule has 2 saturated heterocycles. The number of ether oxygens (including phenoxy) is 2. The number of rotatable bonds is 24. The fourth-order valence-electron chi connectivity index (χ4n) is 6.51. The Labute approximate surface area is 400 Å². The first kappa shape index (κ1) is 58.1. The summed E-state index contributed by atoms with van der Waals surface area (Å²) >= 11 is 0.490. The number of nitrogens with one attached hydrogen (secondary N) is 3. The van der Waals surface area contributed by atoms with E-state index in [1.165, 1.54) is 13.8 Å². The largest absolute Gasteiger partial charge is 0.481 e. The zero-order valence-electron chi connectivity index (χ0n) is 36.4. The van der Waals surface area contributed by atoms with Gasteiger partial charge in [-0.2, -0.15) is 4.31 Å². The first-order valence-corrected chi connectivity index (χ1v) is 27.0. The van der Waals surface area contributed by atoms with Gasteiger partial charge in [-0.05, 0) is 0 Å². The minimum Gasteiger partial charge on any atom is -0.387 e. The number of imidazole rings is 1. The molecule has 2 aliphatic rings. The number of nitrogen functional groups attached to an aromatic ring is 1. The molecule has 15 N–H and O–H groups in total. The number of nitrogens with two attached hydrogens (primary N) is 1. The van der Waals surface area contributed by atoms with E-state index < -0.39 is 159 Å². The molecule has 3 aromatic heterocycles. The second kappa shape index (κ2) is 23.2. The number of carbonyl (C=O) groups excluding carboxylic acids is 3. The second-order valence-corrected chi connectivity index (χ2v) is 22.3. The number of anilines is 1. The van der Waals surface area contributed by atoms with Crippen LogP contribution in [0.15, 0.2) is 28.3 Å². The van der Waals surface area contributed by atoms with Crippen molar-refractivity contribution in [2.45, 2.75) is 75.5 Å². The smallest absolute Gasteiger partial charge is 0.387 e. The van der Waals surface area contributed by atoms with Gasteiger partial charge >= 0.3 is 37.0 Å². The van der Waals surface area contributed by atoms with Crippen molar-refractivity contribution in [3.05, 3.63) is 45.3 Å². The van der Waals surface area contributed by atoms with E-state index in [1.54, 1.807) is 0 Å². The van der Waals surface area contributed by atoms with Crippen molar-refractivity contribution in [1.82, 2.24) is 39.7 Å². The molecule has 5 rings (SSSR count). The number of thioether (sulfide) groups is 1. The molecule has 0 aromatic carbocycles. The number of aliphatic hydroxyl groups is 4. The average molecular weight is 1120 g/mol.